The summed E-state index contributed by atoms with van der Waals surface area (Å²) in [6, 6.07) is 6.87. The highest BCUT2D eigenvalue weighted by atomic mass is 19.4. The van der Waals surface area contributed by atoms with E-state index in [0.29, 0.717) is 17.7 Å². The summed E-state index contributed by atoms with van der Waals surface area (Å²) in [6.45, 7) is 0. The minimum atomic E-state index is -4.35. The van der Waals surface area contributed by atoms with E-state index in [1.165, 1.54) is 6.07 Å². The fourth-order valence-corrected chi connectivity index (χ4v) is 1.66. The molecule has 0 saturated heterocycles. The van der Waals surface area contributed by atoms with Crippen molar-refractivity contribution in [2.45, 2.75) is 12.6 Å². The summed E-state index contributed by atoms with van der Waals surface area (Å²) in [7, 11) is 0. The maximum absolute atomic E-state index is 12.6. The molecule has 0 bridgehead atoms. The number of benzene rings is 1. The normalized spacial score (nSPS) is 11.5. The molecule has 0 fully saturated rings. The quantitative estimate of drug-likeness (QED) is 0.833. The highest BCUT2D eigenvalue weighted by molar-refractivity contribution is 5.51. The van der Waals surface area contributed by atoms with E-state index in [0.717, 1.165) is 17.7 Å². The van der Waals surface area contributed by atoms with Gasteiger partial charge in [0.15, 0.2) is 0 Å². The molecule has 0 amide bonds. The second-order valence-corrected chi connectivity index (χ2v) is 3.94. The Hall–Kier alpha value is -2.04. The van der Waals surface area contributed by atoms with Crippen molar-refractivity contribution in [1.29, 1.82) is 0 Å². The predicted octanol–water partition coefficient (Wildman–Crippen LogP) is 3.27. The highest BCUT2D eigenvalue weighted by Gasteiger charge is 2.30. The van der Waals surface area contributed by atoms with E-state index in [9.17, 15) is 13.2 Å². The van der Waals surface area contributed by atoms with Crippen molar-refractivity contribution in [1.82, 2.24) is 4.98 Å². The monoisotopic (exact) mass is 252 g/mol. The molecule has 2 nitrogen and oxygen atoms in total. The van der Waals surface area contributed by atoms with Crippen LogP contribution in [0.5, 0.6) is 0 Å². The van der Waals surface area contributed by atoms with Gasteiger partial charge in [-0.05, 0) is 47.9 Å². The van der Waals surface area contributed by atoms with E-state index in [2.05, 4.69) is 4.98 Å². The number of nitrogens with two attached hydrogens (primary N) is 1. The van der Waals surface area contributed by atoms with Gasteiger partial charge in [0, 0.05) is 18.1 Å². The highest BCUT2D eigenvalue weighted by Crippen LogP contribution is 2.31. The summed E-state index contributed by atoms with van der Waals surface area (Å²) in [4.78, 5) is 3.85. The van der Waals surface area contributed by atoms with Crippen molar-refractivity contribution >= 4 is 5.69 Å². The Morgan fingerprint density at radius 3 is 2.33 bits per heavy atom. The van der Waals surface area contributed by atoms with Crippen molar-refractivity contribution in [3.05, 3.63) is 59.4 Å². The third kappa shape index (κ3) is 2.80. The lowest BCUT2D eigenvalue weighted by atomic mass is 10.0. The van der Waals surface area contributed by atoms with Crippen LogP contribution in [0, 0.1) is 0 Å². The van der Waals surface area contributed by atoms with E-state index in [1.807, 2.05) is 0 Å². The average Bonchev–Trinajstić information content (AvgIpc) is 2.32. The Morgan fingerprint density at radius 2 is 1.72 bits per heavy atom. The first-order valence-corrected chi connectivity index (χ1v) is 5.31. The zero-order chi connectivity index (χ0) is 13.2. The van der Waals surface area contributed by atoms with Gasteiger partial charge in [-0.3, -0.25) is 4.98 Å². The standard InChI is InChI=1S/C13H11F3N2/c14-13(15,16)11-1-2-12(17)10(8-11)7-9-3-5-18-6-4-9/h1-6,8H,7,17H2. The summed E-state index contributed by atoms with van der Waals surface area (Å²) in [5, 5.41) is 0. The van der Waals surface area contributed by atoms with Crippen LogP contribution in [-0.4, -0.2) is 4.98 Å². The number of nitrogens with zero attached hydrogens (tertiary/aromatic N) is 1. The van der Waals surface area contributed by atoms with Gasteiger partial charge in [0.2, 0.25) is 0 Å². The smallest absolute Gasteiger partial charge is 0.398 e. The van der Waals surface area contributed by atoms with Gasteiger partial charge in [-0.1, -0.05) is 0 Å². The Bertz CT molecular complexity index is 536. The number of anilines is 1. The second-order valence-electron chi connectivity index (χ2n) is 3.94. The van der Waals surface area contributed by atoms with E-state index in [4.69, 9.17) is 5.73 Å². The molecule has 2 aromatic rings. The summed E-state index contributed by atoms with van der Waals surface area (Å²) >= 11 is 0. The van der Waals surface area contributed by atoms with Crippen LogP contribution in [-0.2, 0) is 12.6 Å². The number of aromatic nitrogens is 1. The largest absolute Gasteiger partial charge is 0.416 e. The molecule has 0 spiro atoms. The van der Waals surface area contributed by atoms with Gasteiger partial charge < -0.3 is 5.73 Å². The van der Waals surface area contributed by atoms with Crippen molar-refractivity contribution in [3.63, 3.8) is 0 Å². The summed E-state index contributed by atoms with van der Waals surface area (Å²) in [6.07, 6.45) is -0.794. The first-order valence-electron chi connectivity index (χ1n) is 5.31. The number of nitrogen functional groups attached to an aromatic ring is 1. The number of hydrogen-bond acceptors (Lipinski definition) is 2. The van der Waals surface area contributed by atoms with E-state index < -0.39 is 11.7 Å². The van der Waals surface area contributed by atoms with Gasteiger partial charge in [0.05, 0.1) is 5.56 Å². The number of hydrogen-bond donors (Lipinski definition) is 1. The van der Waals surface area contributed by atoms with Crippen LogP contribution in [0.3, 0.4) is 0 Å². The Morgan fingerprint density at radius 1 is 1.06 bits per heavy atom. The third-order valence-electron chi connectivity index (χ3n) is 2.61. The van der Waals surface area contributed by atoms with Crippen LogP contribution < -0.4 is 5.73 Å². The molecule has 94 valence electrons. The van der Waals surface area contributed by atoms with E-state index in [1.54, 1.807) is 24.5 Å². The minimum Gasteiger partial charge on any atom is -0.398 e. The molecule has 0 aliphatic carbocycles. The topological polar surface area (TPSA) is 38.9 Å². The lowest BCUT2D eigenvalue weighted by Gasteiger charge is -2.11. The Balaban J connectivity index is 2.33. The maximum atomic E-state index is 12.6. The van der Waals surface area contributed by atoms with Crippen LogP contribution in [0.1, 0.15) is 16.7 Å². The van der Waals surface area contributed by atoms with Crippen LogP contribution in [0.15, 0.2) is 42.7 Å². The SMILES string of the molecule is Nc1ccc(C(F)(F)F)cc1Cc1ccncc1. The summed E-state index contributed by atoms with van der Waals surface area (Å²) in [5.41, 5.74) is 6.72. The molecule has 0 unspecified atom stereocenters. The molecule has 1 aromatic carbocycles. The number of halogens is 3. The fourth-order valence-electron chi connectivity index (χ4n) is 1.66. The maximum Gasteiger partial charge on any atom is 0.416 e. The molecule has 0 saturated carbocycles. The number of rotatable bonds is 2. The van der Waals surface area contributed by atoms with Gasteiger partial charge >= 0.3 is 6.18 Å². The molecule has 5 heteroatoms. The molecule has 2 rings (SSSR count). The number of pyridine rings is 1. The van der Waals surface area contributed by atoms with Gasteiger partial charge in [0.25, 0.3) is 0 Å². The molecule has 0 atom stereocenters. The molecule has 1 aromatic heterocycles. The zero-order valence-corrected chi connectivity index (χ0v) is 9.41. The van der Waals surface area contributed by atoms with Crippen molar-refractivity contribution in [2.75, 3.05) is 5.73 Å². The first kappa shape index (κ1) is 12.4. The molecule has 18 heavy (non-hydrogen) atoms. The first-order chi connectivity index (χ1) is 8.47. The van der Waals surface area contributed by atoms with E-state index in [-0.39, 0.29) is 0 Å². The lowest BCUT2D eigenvalue weighted by molar-refractivity contribution is -0.137. The van der Waals surface area contributed by atoms with Crippen molar-refractivity contribution in [2.24, 2.45) is 0 Å². The lowest BCUT2D eigenvalue weighted by Crippen LogP contribution is -2.07. The van der Waals surface area contributed by atoms with E-state index >= 15 is 0 Å². The van der Waals surface area contributed by atoms with Gasteiger partial charge in [-0.2, -0.15) is 13.2 Å². The fraction of sp³-hybridized carbons (Fsp3) is 0.154. The molecule has 0 aliphatic rings. The molecule has 2 N–H and O–H groups in total. The van der Waals surface area contributed by atoms with Gasteiger partial charge in [-0.25, -0.2) is 0 Å². The predicted molar refractivity (Wildman–Crippen MR) is 62.9 cm³/mol. The van der Waals surface area contributed by atoms with Crippen LogP contribution >= 0.6 is 0 Å². The molecular weight excluding hydrogens is 241 g/mol. The zero-order valence-electron chi connectivity index (χ0n) is 9.41. The molecular formula is C13H11F3N2. The van der Waals surface area contributed by atoms with Gasteiger partial charge in [0.1, 0.15) is 0 Å². The molecule has 0 aliphatic heterocycles. The van der Waals surface area contributed by atoms with Crippen LogP contribution in [0.2, 0.25) is 0 Å². The van der Waals surface area contributed by atoms with Crippen molar-refractivity contribution < 1.29 is 13.2 Å². The molecule has 1 heterocycles. The third-order valence-corrected chi connectivity index (χ3v) is 2.61. The van der Waals surface area contributed by atoms with Gasteiger partial charge in [-0.15, -0.1) is 0 Å². The number of alkyl halides is 3. The van der Waals surface area contributed by atoms with Crippen molar-refractivity contribution in [3.8, 4) is 0 Å². The summed E-state index contributed by atoms with van der Waals surface area (Å²) in [5.74, 6) is 0. The average molecular weight is 252 g/mol. The van der Waals surface area contributed by atoms with Crippen LogP contribution in [0.25, 0.3) is 0 Å². The second kappa shape index (κ2) is 4.68. The Labute approximate surface area is 102 Å². The minimum absolute atomic E-state index is 0.359. The van der Waals surface area contributed by atoms with Crippen LogP contribution in [0.4, 0.5) is 18.9 Å². The summed E-state index contributed by atoms with van der Waals surface area (Å²) < 4.78 is 37.8. The molecule has 0 radical (unpaired) electrons. The Kier molecular flexibility index (Phi) is 3.23.